The van der Waals surface area contributed by atoms with Crippen molar-refractivity contribution in [2.24, 2.45) is 18.7 Å². The number of hydrogen-bond donors (Lipinski definition) is 1. The van der Waals surface area contributed by atoms with Crippen LogP contribution in [0.2, 0.25) is 0 Å². The van der Waals surface area contributed by atoms with E-state index in [0.717, 1.165) is 5.56 Å². The summed E-state index contributed by atoms with van der Waals surface area (Å²) in [6, 6.07) is -0.495. The molecule has 0 aromatic carbocycles. The fourth-order valence-electron chi connectivity index (χ4n) is 2.59. The highest BCUT2D eigenvalue weighted by Crippen LogP contribution is 2.28. The Morgan fingerprint density at radius 3 is 2.82 bits per heavy atom. The van der Waals surface area contributed by atoms with E-state index < -0.39 is 6.04 Å². The molecule has 4 heteroatoms. The van der Waals surface area contributed by atoms with Gasteiger partial charge in [0.2, 0.25) is 0 Å². The monoisotopic (exact) mass is 235 g/mol. The Bertz CT molecular complexity index is 380. The number of carbonyl (C=O) groups excluding carboxylic acids is 1. The number of hydrogen-bond acceptors (Lipinski definition) is 3. The minimum atomic E-state index is -0.495. The van der Waals surface area contributed by atoms with Gasteiger partial charge >= 0.3 is 0 Å². The van der Waals surface area contributed by atoms with Crippen LogP contribution in [0.25, 0.3) is 0 Å². The van der Waals surface area contributed by atoms with Crippen molar-refractivity contribution in [2.75, 3.05) is 0 Å². The van der Waals surface area contributed by atoms with Crippen LogP contribution >= 0.6 is 0 Å². The maximum atomic E-state index is 12.1. The molecule has 17 heavy (non-hydrogen) atoms. The smallest absolute Gasteiger partial charge is 0.154 e. The molecule has 0 aliphatic heterocycles. The van der Waals surface area contributed by atoms with E-state index in [4.69, 9.17) is 5.73 Å². The minimum absolute atomic E-state index is 0.157. The van der Waals surface area contributed by atoms with Gasteiger partial charge in [0, 0.05) is 25.2 Å². The van der Waals surface area contributed by atoms with Gasteiger partial charge in [0.05, 0.1) is 12.2 Å². The minimum Gasteiger partial charge on any atom is -0.318 e. The summed E-state index contributed by atoms with van der Waals surface area (Å²) in [6.45, 7) is 0. The van der Waals surface area contributed by atoms with E-state index in [2.05, 4.69) is 5.10 Å². The van der Waals surface area contributed by atoms with E-state index >= 15 is 0 Å². The molecule has 1 aromatic rings. The normalized spacial score (nSPS) is 19.2. The lowest BCUT2D eigenvalue weighted by molar-refractivity contribution is -0.121. The molecule has 1 aliphatic rings. The van der Waals surface area contributed by atoms with Crippen molar-refractivity contribution < 1.29 is 4.79 Å². The van der Waals surface area contributed by atoms with Crippen molar-refractivity contribution in [1.82, 2.24) is 9.78 Å². The van der Waals surface area contributed by atoms with Crippen LogP contribution in [0.1, 0.15) is 50.1 Å². The lowest BCUT2D eigenvalue weighted by Gasteiger charge is -2.21. The number of aromatic nitrogens is 2. The molecule has 2 rings (SSSR count). The van der Waals surface area contributed by atoms with Gasteiger partial charge in [-0.05, 0) is 5.92 Å². The van der Waals surface area contributed by atoms with Crippen LogP contribution in [0.4, 0.5) is 0 Å². The van der Waals surface area contributed by atoms with Gasteiger partial charge in [0.25, 0.3) is 0 Å². The zero-order valence-corrected chi connectivity index (χ0v) is 10.4. The van der Waals surface area contributed by atoms with Gasteiger partial charge in [-0.2, -0.15) is 5.10 Å². The lowest BCUT2D eigenvalue weighted by atomic mass is 9.84. The molecule has 1 atom stereocenters. The molecule has 0 bridgehead atoms. The molecule has 1 unspecified atom stereocenters. The molecule has 4 nitrogen and oxygen atoms in total. The molecule has 0 amide bonds. The molecule has 2 N–H and O–H groups in total. The van der Waals surface area contributed by atoms with Gasteiger partial charge in [-0.25, -0.2) is 0 Å². The standard InChI is InChI=1S/C13H21N3O/c1-16-9-11(8-15-16)13(14)12(17)7-10-5-3-2-4-6-10/h8-10,13H,2-7,14H2,1H3. The molecule has 1 heterocycles. The summed E-state index contributed by atoms with van der Waals surface area (Å²) in [5.74, 6) is 0.712. The van der Waals surface area contributed by atoms with Gasteiger partial charge in [-0.3, -0.25) is 9.48 Å². The highest BCUT2D eigenvalue weighted by atomic mass is 16.1. The third kappa shape index (κ3) is 3.16. The number of nitrogens with zero attached hydrogens (tertiary/aromatic N) is 2. The summed E-state index contributed by atoms with van der Waals surface area (Å²) in [6.07, 6.45) is 10.4. The highest BCUT2D eigenvalue weighted by molar-refractivity contribution is 5.85. The molecule has 1 fully saturated rings. The van der Waals surface area contributed by atoms with Crippen LogP contribution in [0.5, 0.6) is 0 Å². The van der Waals surface area contributed by atoms with Crippen molar-refractivity contribution in [3.63, 3.8) is 0 Å². The van der Waals surface area contributed by atoms with Crippen LogP contribution < -0.4 is 5.73 Å². The van der Waals surface area contributed by atoms with Crippen molar-refractivity contribution in [1.29, 1.82) is 0 Å². The summed E-state index contributed by atoms with van der Waals surface area (Å²) in [7, 11) is 1.84. The molecule has 0 saturated heterocycles. The van der Waals surface area contributed by atoms with Gasteiger partial charge in [0.1, 0.15) is 0 Å². The Hall–Kier alpha value is -1.16. The number of ketones is 1. The zero-order chi connectivity index (χ0) is 12.3. The fraction of sp³-hybridized carbons (Fsp3) is 0.692. The van der Waals surface area contributed by atoms with Crippen molar-refractivity contribution in [3.05, 3.63) is 18.0 Å². The van der Waals surface area contributed by atoms with E-state index in [1.165, 1.54) is 32.1 Å². The molecule has 1 saturated carbocycles. The first-order chi connectivity index (χ1) is 8.16. The van der Waals surface area contributed by atoms with E-state index in [1.54, 1.807) is 10.9 Å². The number of carbonyl (C=O) groups is 1. The fourth-order valence-corrected chi connectivity index (χ4v) is 2.59. The molecule has 1 aromatic heterocycles. The van der Waals surface area contributed by atoms with E-state index in [-0.39, 0.29) is 5.78 Å². The Morgan fingerprint density at radius 1 is 1.53 bits per heavy atom. The summed E-state index contributed by atoms with van der Waals surface area (Å²) in [4.78, 5) is 12.1. The summed E-state index contributed by atoms with van der Waals surface area (Å²) < 4.78 is 1.68. The lowest BCUT2D eigenvalue weighted by Crippen LogP contribution is -2.24. The number of Topliss-reactive ketones (excluding diaryl/α,β-unsaturated/α-hetero) is 1. The van der Waals surface area contributed by atoms with Crippen LogP contribution in [-0.4, -0.2) is 15.6 Å². The topological polar surface area (TPSA) is 60.9 Å². The molecule has 0 radical (unpaired) electrons. The Morgan fingerprint density at radius 2 is 2.24 bits per heavy atom. The first-order valence-corrected chi connectivity index (χ1v) is 6.43. The summed E-state index contributed by atoms with van der Waals surface area (Å²) in [5, 5.41) is 4.05. The van der Waals surface area contributed by atoms with Gasteiger partial charge in [0.15, 0.2) is 5.78 Å². The number of nitrogens with two attached hydrogens (primary N) is 1. The van der Waals surface area contributed by atoms with Crippen LogP contribution in [0.3, 0.4) is 0 Å². The van der Waals surface area contributed by atoms with Gasteiger partial charge in [-0.1, -0.05) is 32.1 Å². The van der Waals surface area contributed by atoms with E-state index in [1.807, 2.05) is 13.2 Å². The summed E-state index contributed by atoms with van der Waals surface area (Å²) >= 11 is 0. The van der Waals surface area contributed by atoms with Crippen LogP contribution in [0, 0.1) is 5.92 Å². The first kappa shape index (κ1) is 12.3. The Balaban J connectivity index is 1.90. The van der Waals surface area contributed by atoms with E-state index in [9.17, 15) is 4.79 Å². The average molecular weight is 235 g/mol. The second-order valence-corrected chi connectivity index (χ2v) is 5.10. The van der Waals surface area contributed by atoms with E-state index in [0.29, 0.717) is 12.3 Å². The largest absolute Gasteiger partial charge is 0.318 e. The van der Waals surface area contributed by atoms with Crippen LogP contribution in [-0.2, 0) is 11.8 Å². The molecular formula is C13H21N3O. The third-order valence-corrected chi connectivity index (χ3v) is 3.65. The molecule has 1 aliphatic carbocycles. The maximum Gasteiger partial charge on any atom is 0.154 e. The van der Waals surface area contributed by atoms with Crippen molar-refractivity contribution in [2.45, 2.75) is 44.6 Å². The van der Waals surface area contributed by atoms with Gasteiger partial charge < -0.3 is 5.73 Å². The number of rotatable bonds is 4. The highest BCUT2D eigenvalue weighted by Gasteiger charge is 2.22. The molecule has 0 spiro atoms. The molecule has 94 valence electrons. The predicted octanol–water partition coefficient (Wildman–Crippen LogP) is 1.96. The van der Waals surface area contributed by atoms with Gasteiger partial charge in [-0.15, -0.1) is 0 Å². The Kier molecular flexibility index (Phi) is 3.94. The van der Waals surface area contributed by atoms with Crippen molar-refractivity contribution >= 4 is 5.78 Å². The van der Waals surface area contributed by atoms with Crippen molar-refractivity contribution in [3.8, 4) is 0 Å². The second kappa shape index (κ2) is 5.45. The predicted molar refractivity (Wildman–Crippen MR) is 66.3 cm³/mol. The summed E-state index contributed by atoms with van der Waals surface area (Å²) in [5.41, 5.74) is 6.79. The molecular weight excluding hydrogens is 214 g/mol. The second-order valence-electron chi connectivity index (χ2n) is 5.10. The zero-order valence-electron chi connectivity index (χ0n) is 10.4. The quantitative estimate of drug-likeness (QED) is 0.867. The third-order valence-electron chi connectivity index (χ3n) is 3.65. The Labute approximate surface area is 102 Å². The first-order valence-electron chi connectivity index (χ1n) is 6.43. The van der Waals surface area contributed by atoms with Crippen LogP contribution in [0.15, 0.2) is 12.4 Å². The average Bonchev–Trinajstić information content (AvgIpc) is 2.76. The SMILES string of the molecule is Cn1cc(C(N)C(=O)CC2CCCCC2)cn1. The maximum absolute atomic E-state index is 12.1. The number of aryl methyl sites for hydroxylation is 1.